The molecule has 0 aliphatic carbocycles. The molecular weight excluding hydrogens is 304 g/mol. The van der Waals surface area contributed by atoms with Gasteiger partial charge in [0.05, 0.1) is 19.3 Å². The molecule has 1 fully saturated rings. The van der Waals surface area contributed by atoms with Crippen LogP contribution >= 0.6 is 12.4 Å². The Kier molecular flexibility index (Phi) is 8.42. The molecule has 2 rings (SSSR count). The summed E-state index contributed by atoms with van der Waals surface area (Å²) in [5.74, 6) is -0.0293. The molecule has 1 amide bonds. The van der Waals surface area contributed by atoms with E-state index in [1.165, 1.54) is 5.56 Å². The largest absolute Gasteiger partial charge is 0.383 e. The zero-order chi connectivity index (χ0) is 15.1. The predicted molar refractivity (Wildman–Crippen MR) is 87.9 cm³/mol. The van der Waals surface area contributed by atoms with Crippen LogP contribution in [0.3, 0.4) is 0 Å². The van der Waals surface area contributed by atoms with Gasteiger partial charge in [-0.2, -0.15) is 0 Å². The van der Waals surface area contributed by atoms with Crippen LogP contribution in [0.5, 0.6) is 0 Å². The van der Waals surface area contributed by atoms with Crippen molar-refractivity contribution in [2.45, 2.75) is 31.6 Å². The van der Waals surface area contributed by atoms with Crippen LogP contribution in [0, 0.1) is 0 Å². The number of rotatable bonds is 6. The molecule has 0 bridgehead atoms. The highest BCUT2D eigenvalue weighted by molar-refractivity contribution is 5.85. The Morgan fingerprint density at radius 3 is 2.55 bits per heavy atom. The number of halogens is 1. The van der Waals surface area contributed by atoms with Gasteiger partial charge in [0.15, 0.2) is 0 Å². The zero-order valence-electron chi connectivity index (χ0n) is 12.9. The Bertz CT molecular complexity index is 436. The van der Waals surface area contributed by atoms with E-state index >= 15 is 0 Å². The lowest BCUT2D eigenvalue weighted by molar-refractivity contribution is -0.136. The molecule has 0 saturated carbocycles. The molecule has 1 heterocycles. The topological polar surface area (TPSA) is 64.8 Å². The highest BCUT2D eigenvalue weighted by Gasteiger charge is 2.26. The number of likely N-dealkylation sites (tertiary alicyclic amines) is 1. The summed E-state index contributed by atoms with van der Waals surface area (Å²) in [6.45, 7) is 2.30. The standard InChI is InChI=1S/C16H24N2O3.ClH/c1-20-12-15(17)16(19)18-9-7-14(8-10-18)21-11-13-5-3-2-4-6-13;/h2-6,14-15H,7-12,17H2,1H3;1H. The van der Waals surface area contributed by atoms with E-state index in [0.717, 1.165) is 12.8 Å². The maximum Gasteiger partial charge on any atom is 0.241 e. The average molecular weight is 329 g/mol. The van der Waals surface area contributed by atoms with Gasteiger partial charge in [0.1, 0.15) is 6.04 Å². The van der Waals surface area contributed by atoms with Crippen molar-refractivity contribution in [2.24, 2.45) is 5.73 Å². The SMILES string of the molecule is COCC(N)C(=O)N1CCC(OCc2ccccc2)CC1.Cl. The predicted octanol–water partition coefficient (Wildman–Crippen LogP) is 1.59. The zero-order valence-corrected chi connectivity index (χ0v) is 13.8. The molecule has 2 N–H and O–H groups in total. The number of piperidine rings is 1. The van der Waals surface area contributed by atoms with E-state index in [9.17, 15) is 4.79 Å². The first-order valence-electron chi connectivity index (χ1n) is 7.39. The van der Waals surface area contributed by atoms with E-state index in [1.54, 1.807) is 7.11 Å². The molecule has 1 atom stereocenters. The van der Waals surface area contributed by atoms with Crippen molar-refractivity contribution >= 4 is 18.3 Å². The molecule has 1 unspecified atom stereocenters. The fourth-order valence-corrected chi connectivity index (χ4v) is 2.52. The molecule has 5 nitrogen and oxygen atoms in total. The van der Waals surface area contributed by atoms with Crippen LogP contribution in [0.25, 0.3) is 0 Å². The van der Waals surface area contributed by atoms with Crippen LogP contribution in [0.2, 0.25) is 0 Å². The highest BCUT2D eigenvalue weighted by atomic mass is 35.5. The number of hydrogen-bond acceptors (Lipinski definition) is 4. The molecule has 1 aromatic carbocycles. The van der Waals surface area contributed by atoms with E-state index in [0.29, 0.717) is 19.7 Å². The second kappa shape index (κ2) is 9.79. The Hall–Kier alpha value is -1.14. The summed E-state index contributed by atoms with van der Waals surface area (Å²) in [5, 5.41) is 0. The minimum Gasteiger partial charge on any atom is -0.383 e. The van der Waals surface area contributed by atoms with E-state index in [4.69, 9.17) is 15.2 Å². The third kappa shape index (κ3) is 5.57. The third-order valence-corrected chi connectivity index (χ3v) is 3.75. The lowest BCUT2D eigenvalue weighted by atomic mass is 10.1. The number of methoxy groups -OCH3 is 1. The highest BCUT2D eigenvalue weighted by Crippen LogP contribution is 2.16. The lowest BCUT2D eigenvalue weighted by Crippen LogP contribution is -2.49. The molecule has 6 heteroatoms. The van der Waals surface area contributed by atoms with Gasteiger partial charge in [0.2, 0.25) is 5.91 Å². The molecule has 0 aromatic heterocycles. The van der Waals surface area contributed by atoms with E-state index < -0.39 is 6.04 Å². The summed E-state index contributed by atoms with van der Waals surface area (Å²) < 4.78 is 10.8. The van der Waals surface area contributed by atoms with Gasteiger partial charge >= 0.3 is 0 Å². The molecular formula is C16H25ClN2O3. The van der Waals surface area contributed by atoms with Crippen molar-refractivity contribution in [1.29, 1.82) is 0 Å². The van der Waals surface area contributed by atoms with Crippen molar-refractivity contribution in [3.05, 3.63) is 35.9 Å². The summed E-state index contributed by atoms with van der Waals surface area (Å²) in [7, 11) is 1.55. The monoisotopic (exact) mass is 328 g/mol. The summed E-state index contributed by atoms with van der Waals surface area (Å²) in [6.07, 6.45) is 1.93. The molecule has 0 radical (unpaired) electrons. The van der Waals surface area contributed by atoms with E-state index in [1.807, 2.05) is 23.1 Å². The number of carbonyl (C=O) groups excluding carboxylic acids is 1. The van der Waals surface area contributed by atoms with Crippen molar-refractivity contribution in [3.8, 4) is 0 Å². The first kappa shape index (κ1) is 18.9. The minimum absolute atomic E-state index is 0. The Morgan fingerprint density at radius 2 is 1.95 bits per heavy atom. The van der Waals surface area contributed by atoms with Crippen molar-refractivity contribution in [2.75, 3.05) is 26.8 Å². The normalized spacial score (nSPS) is 16.9. The second-order valence-corrected chi connectivity index (χ2v) is 5.38. The molecule has 1 aliphatic heterocycles. The van der Waals surface area contributed by atoms with Crippen LogP contribution in [0.15, 0.2) is 30.3 Å². The molecule has 0 spiro atoms. The van der Waals surface area contributed by atoms with Gasteiger partial charge < -0.3 is 20.1 Å². The van der Waals surface area contributed by atoms with Gasteiger partial charge in [-0.05, 0) is 18.4 Å². The van der Waals surface area contributed by atoms with Crippen molar-refractivity contribution in [3.63, 3.8) is 0 Å². The number of benzene rings is 1. The maximum atomic E-state index is 12.1. The van der Waals surface area contributed by atoms with Gasteiger partial charge in [-0.1, -0.05) is 30.3 Å². The van der Waals surface area contributed by atoms with Gasteiger partial charge in [0, 0.05) is 20.2 Å². The quantitative estimate of drug-likeness (QED) is 0.861. The third-order valence-electron chi connectivity index (χ3n) is 3.75. The maximum absolute atomic E-state index is 12.1. The molecule has 124 valence electrons. The summed E-state index contributed by atoms with van der Waals surface area (Å²) in [6, 6.07) is 9.58. The van der Waals surface area contributed by atoms with Gasteiger partial charge in [0.25, 0.3) is 0 Å². The smallest absolute Gasteiger partial charge is 0.241 e. The summed E-state index contributed by atoms with van der Waals surface area (Å²) >= 11 is 0. The number of nitrogens with zero attached hydrogens (tertiary/aromatic N) is 1. The fraction of sp³-hybridized carbons (Fsp3) is 0.562. The fourth-order valence-electron chi connectivity index (χ4n) is 2.52. The molecule has 1 saturated heterocycles. The van der Waals surface area contributed by atoms with Crippen LogP contribution in [-0.2, 0) is 20.9 Å². The average Bonchev–Trinajstić information content (AvgIpc) is 2.54. The van der Waals surface area contributed by atoms with E-state index in [-0.39, 0.29) is 31.0 Å². The van der Waals surface area contributed by atoms with Crippen molar-refractivity contribution < 1.29 is 14.3 Å². The summed E-state index contributed by atoms with van der Waals surface area (Å²) in [4.78, 5) is 13.9. The van der Waals surface area contributed by atoms with Crippen LogP contribution < -0.4 is 5.73 Å². The van der Waals surface area contributed by atoms with Gasteiger partial charge in [-0.15, -0.1) is 12.4 Å². The number of amides is 1. The number of ether oxygens (including phenoxy) is 2. The molecule has 1 aliphatic rings. The molecule has 22 heavy (non-hydrogen) atoms. The first-order valence-corrected chi connectivity index (χ1v) is 7.39. The Morgan fingerprint density at radius 1 is 1.32 bits per heavy atom. The van der Waals surface area contributed by atoms with Gasteiger partial charge in [-0.3, -0.25) is 4.79 Å². The van der Waals surface area contributed by atoms with Crippen molar-refractivity contribution in [1.82, 2.24) is 4.90 Å². The van der Waals surface area contributed by atoms with Crippen LogP contribution in [0.1, 0.15) is 18.4 Å². The summed E-state index contributed by atoms with van der Waals surface area (Å²) in [5.41, 5.74) is 6.96. The number of hydrogen-bond donors (Lipinski definition) is 1. The van der Waals surface area contributed by atoms with Crippen LogP contribution in [-0.4, -0.2) is 49.8 Å². The van der Waals surface area contributed by atoms with Gasteiger partial charge in [-0.25, -0.2) is 0 Å². The second-order valence-electron chi connectivity index (χ2n) is 5.38. The minimum atomic E-state index is -0.559. The number of carbonyl (C=O) groups is 1. The Labute approximate surface area is 138 Å². The van der Waals surface area contributed by atoms with E-state index in [2.05, 4.69) is 12.1 Å². The first-order chi connectivity index (χ1) is 10.2. The Balaban J connectivity index is 0.00000242. The van der Waals surface area contributed by atoms with Crippen LogP contribution in [0.4, 0.5) is 0 Å². The lowest BCUT2D eigenvalue weighted by Gasteiger charge is -2.33. The number of nitrogens with two attached hydrogens (primary N) is 1. The molecule has 1 aromatic rings.